The second-order valence-electron chi connectivity index (χ2n) is 5.79. The van der Waals surface area contributed by atoms with E-state index in [4.69, 9.17) is 9.47 Å². The zero-order chi connectivity index (χ0) is 14.5. The number of rotatable bonds is 6. The van der Waals surface area contributed by atoms with Crippen LogP contribution in [0.2, 0.25) is 0 Å². The van der Waals surface area contributed by atoms with E-state index >= 15 is 0 Å². The number of carbonyl (C=O) groups is 2. The Bertz CT molecular complexity index is 321. The average molecular weight is 271 g/mol. The molecule has 5 nitrogen and oxygen atoms in total. The molecule has 0 saturated heterocycles. The van der Waals surface area contributed by atoms with Crippen LogP contribution in [-0.4, -0.2) is 50.2 Å². The molecule has 19 heavy (non-hydrogen) atoms. The van der Waals surface area contributed by atoms with E-state index in [1.165, 1.54) is 27.1 Å². The van der Waals surface area contributed by atoms with Gasteiger partial charge in [0.25, 0.3) is 0 Å². The highest BCUT2D eigenvalue weighted by Crippen LogP contribution is 2.27. The molecular weight excluding hydrogens is 246 g/mol. The molecule has 0 aliphatic heterocycles. The highest BCUT2D eigenvalue weighted by Gasteiger charge is 2.35. The first-order chi connectivity index (χ1) is 8.90. The third kappa shape index (κ3) is 4.49. The smallest absolute Gasteiger partial charge is 0.319 e. The van der Waals surface area contributed by atoms with Crippen molar-refractivity contribution in [2.24, 2.45) is 5.41 Å². The van der Waals surface area contributed by atoms with Gasteiger partial charge in [0.15, 0.2) is 0 Å². The van der Waals surface area contributed by atoms with Gasteiger partial charge in [-0.25, -0.2) is 0 Å². The molecule has 0 unspecified atom stereocenters. The van der Waals surface area contributed by atoms with Crippen molar-refractivity contribution >= 4 is 11.9 Å². The first kappa shape index (κ1) is 16.0. The van der Waals surface area contributed by atoms with E-state index < -0.39 is 5.41 Å². The minimum atomic E-state index is -0.620. The van der Waals surface area contributed by atoms with Crippen molar-refractivity contribution in [3.05, 3.63) is 0 Å². The number of hydrogen-bond donors (Lipinski definition) is 0. The van der Waals surface area contributed by atoms with Crippen molar-refractivity contribution in [3.8, 4) is 0 Å². The van der Waals surface area contributed by atoms with Gasteiger partial charge >= 0.3 is 11.9 Å². The minimum absolute atomic E-state index is 0.238. The predicted molar refractivity (Wildman–Crippen MR) is 71.6 cm³/mol. The molecule has 0 aromatic heterocycles. The fraction of sp³-hybridized carbons (Fsp3) is 0.857. The van der Waals surface area contributed by atoms with E-state index in [2.05, 4.69) is 4.90 Å². The number of methoxy groups -OCH3 is 2. The maximum Gasteiger partial charge on any atom is 0.319 e. The maximum absolute atomic E-state index is 11.8. The number of nitrogens with zero attached hydrogens (tertiary/aromatic N) is 1. The lowest BCUT2D eigenvalue weighted by Crippen LogP contribution is -2.46. The molecular formula is C14H25NO4. The van der Waals surface area contributed by atoms with E-state index in [0.717, 1.165) is 12.8 Å². The molecule has 1 aliphatic rings. The summed E-state index contributed by atoms with van der Waals surface area (Å²) in [5.41, 5.74) is -0.620. The molecule has 1 rings (SSSR count). The van der Waals surface area contributed by atoms with Crippen molar-refractivity contribution in [1.29, 1.82) is 0 Å². The molecule has 0 atom stereocenters. The molecule has 0 aromatic carbocycles. The quantitative estimate of drug-likeness (QED) is 0.687. The summed E-state index contributed by atoms with van der Waals surface area (Å²) in [7, 11) is 2.78. The summed E-state index contributed by atoms with van der Waals surface area (Å²) in [6, 6.07) is 0.364. The lowest BCUT2D eigenvalue weighted by Gasteiger charge is -2.34. The normalized spacial score (nSPS) is 16.7. The van der Waals surface area contributed by atoms with Gasteiger partial charge in [0, 0.05) is 12.6 Å². The third-order valence-electron chi connectivity index (χ3n) is 3.74. The molecule has 0 amide bonds. The Balaban J connectivity index is 2.72. The molecule has 110 valence electrons. The number of hydrogen-bond acceptors (Lipinski definition) is 5. The summed E-state index contributed by atoms with van der Waals surface area (Å²) in [6.07, 6.45) is 4.52. The van der Waals surface area contributed by atoms with Gasteiger partial charge in [-0.3, -0.25) is 14.5 Å². The highest BCUT2D eigenvalue weighted by molar-refractivity contribution is 5.76. The van der Waals surface area contributed by atoms with Crippen LogP contribution in [0.1, 0.15) is 39.5 Å². The van der Waals surface area contributed by atoms with Crippen molar-refractivity contribution in [2.75, 3.05) is 27.3 Å². The predicted octanol–water partition coefficient (Wildman–Crippen LogP) is 1.60. The number of esters is 2. The van der Waals surface area contributed by atoms with Crippen LogP contribution in [0.15, 0.2) is 0 Å². The van der Waals surface area contributed by atoms with Crippen molar-refractivity contribution in [1.82, 2.24) is 4.90 Å². The summed E-state index contributed by atoms with van der Waals surface area (Å²) in [6.45, 7) is 4.44. The molecule has 0 N–H and O–H groups in total. The first-order valence-electron chi connectivity index (χ1n) is 6.80. The van der Waals surface area contributed by atoms with Crippen molar-refractivity contribution < 1.29 is 19.1 Å². The van der Waals surface area contributed by atoms with Crippen LogP contribution < -0.4 is 0 Å². The summed E-state index contributed by atoms with van der Waals surface area (Å²) in [5.74, 6) is -0.507. The fourth-order valence-electron chi connectivity index (χ4n) is 2.66. The van der Waals surface area contributed by atoms with E-state index in [9.17, 15) is 9.59 Å². The summed E-state index contributed by atoms with van der Waals surface area (Å²) in [4.78, 5) is 25.4. The Labute approximate surface area is 115 Å². The Kier molecular flexibility index (Phi) is 5.79. The third-order valence-corrected chi connectivity index (χ3v) is 3.74. The van der Waals surface area contributed by atoms with Crippen LogP contribution in [0.3, 0.4) is 0 Å². The van der Waals surface area contributed by atoms with Gasteiger partial charge in [0.05, 0.1) is 26.2 Å². The monoisotopic (exact) mass is 271 g/mol. The molecule has 0 heterocycles. The lowest BCUT2D eigenvalue weighted by atomic mass is 9.92. The van der Waals surface area contributed by atoms with Gasteiger partial charge < -0.3 is 9.47 Å². The topological polar surface area (TPSA) is 55.8 Å². The van der Waals surface area contributed by atoms with Gasteiger partial charge in [-0.15, -0.1) is 0 Å². The molecule has 0 bridgehead atoms. The van der Waals surface area contributed by atoms with E-state index in [1.54, 1.807) is 0 Å². The van der Waals surface area contributed by atoms with Crippen molar-refractivity contribution in [2.45, 2.75) is 45.6 Å². The van der Waals surface area contributed by atoms with Crippen LogP contribution in [0.25, 0.3) is 0 Å². The van der Waals surface area contributed by atoms with Crippen LogP contribution in [-0.2, 0) is 19.1 Å². The fourth-order valence-corrected chi connectivity index (χ4v) is 2.66. The van der Waals surface area contributed by atoms with E-state index in [0.29, 0.717) is 12.6 Å². The molecule has 1 aliphatic carbocycles. The van der Waals surface area contributed by atoms with Crippen LogP contribution in [0, 0.1) is 5.41 Å². The second-order valence-corrected chi connectivity index (χ2v) is 5.79. The van der Waals surface area contributed by atoms with Crippen LogP contribution in [0.4, 0.5) is 0 Å². The van der Waals surface area contributed by atoms with E-state index in [1.807, 2.05) is 13.8 Å². The molecule has 0 spiro atoms. The summed E-state index contributed by atoms with van der Waals surface area (Å²) >= 11 is 0. The molecule has 0 radical (unpaired) electrons. The minimum Gasteiger partial charge on any atom is -0.469 e. The molecule has 0 aromatic rings. The van der Waals surface area contributed by atoms with Gasteiger partial charge in [0.2, 0.25) is 0 Å². The maximum atomic E-state index is 11.8. The van der Waals surface area contributed by atoms with Gasteiger partial charge in [-0.05, 0) is 26.7 Å². The number of carbonyl (C=O) groups excluding carboxylic acids is 2. The first-order valence-corrected chi connectivity index (χ1v) is 6.80. The van der Waals surface area contributed by atoms with Crippen LogP contribution in [0.5, 0.6) is 0 Å². The Morgan fingerprint density at radius 2 is 1.74 bits per heavy atom. The molecule has 1 saturated carbocycles. The van der Waals surface area contributed by atoms with Crippen LogP contribution >= 0.6 is 0 Å². The van der Waals surface area contributed by atoms with Gasteiger partial charge in [-0.2, -0.15) is 0 Å². The van der Waals surface area contributed by atoms with E-state index in [-0.39, 0.29) is 18.5 Å². The largest absolute Gasteiger partial charge is 0.469 e. The lowest BCUT2D eigenvalue weighted by molar-refractivity contribution is -0.154. The summed E-state index contributed by atoms with van der Waals surface area (Å²) < 4.78 is 9.57. The average Bonchev–Trinajstić information content (AvgIpc) is 2.90. The Hall–Kier alpha value is -1.10. The second kappa shape index (κ2) is 6.89. The number of ether oxygens (including phenoxy) is 2. The standard InChI is InChI=1S/C14H25NO4/c1-14(2,13(17)19-4)10-15(9-12(16)18-3)11-7-5-6-8-11/h11H,5-10H2,1-4H3. The Morgan fingerprint density at radius 1 is 1.16 bits per heavy atom. The molecule has 5 heteroatoms. The zero-order valence-corrected chi connectivity index (χ0v) is 12.4. The van der Waals surface area contributed by atoms with Gasteiger partial charge in [0.1, 0.15) is 0 Å². The zero-order valence-electron chi connectivity index (χ0n) is 12.4. The highest BCUT2D eigenvalue weighted by atomic mass is 16.5. The summed E-state index contributed by atoms with van der Waals surface area (Å²) in [5, 5.41) is 0. The van der Waals surface area contributed by atoms with Crippen molar-refractivity contribution in [3.63, 3.8) is 0 Å². The van der Waals surface area contributed by atoms with Gasteiger partial charge in [-0.1, -0.05) is 12.8 Å². The molecule has 1 fully saturated rings. The SMILES string of the molecule is COC(=O)CN(CC(C)(C)C(=O)OC)C1CCCC1. The Morgan fingerprint density at radius 3 is 2.21 bits per heavy atom.